The highest BCUT2D eigenvalue weighted by Crippen LogP contribution is 2.27. The van der Waals surface area contributed by atoms with E-state index in [1.807, 2.05) is 36.4 Å². The molecule has 0 aliphatic rings. The van der Waals surface area contributed by atoms with Gasteiger partial charge in [0.15, 0.2) is 0 Å². The molecule has 0 atom stereocenters. The van der Waals surface area contributed by atoms with Gasteiger partial charge in [0.25, 0.3) is 0 Å². The van der Waals surface area contributed by atoms with E-state index in [1.54, 1.807) is 12.3 Å². The van der Waals surface area contributed by atoms with Crippen LogP contribution in [0.2, 0.25) is 0 Å². The number of nitrogens with two attached hydrogens (primary N) is 1. The topological polar surface area (TPSA) is 52.0 Å². The molecule has 3 nitrogen and oxygen atoms in total. The zero-order chi connectivity index (χ0) is 11.0. The summed E-state index contributed by atoms with van der Waals surface area (Å²) < 4.78 is 5.73. The van der Waals surface area contributed by atoms with Gasteiger partial charge in [0, 0.05) is 17.1 Å². The summed E-state index contributed by atoms with van der Waals surface area (Å²) in [7, 11) is 0. The number of pyridine rings is 1. The number of aromatic nitrogens is 1. The number of rotatable bonds is 1. The van der Waals surface area contributed by atoms with Gasteiger partial charge < -0.3 is 10.2 Å². The summed E-state index contributed by atoms with van der Waals surface area (Å²) in [5.74, 6) is 1.31. The number of nitrogen functional groups attached to an aromatic ring is 1. The smallest absolute Gasteiger partial charge is 0.135 e. The third kappa shape index (κ3) is 1.42. The Balaban J connectivity index is 2.19. The Morgan fingerprint density at radius 1 is 1.06 bits per heavy atom. The lowest BCUT2D eigenvalue weighted by Crippen LogP contribution is -1.88. The fraction of sp³-hybridized carbons (Fsp3) is 0. The summed E-state index contributed by atoms with van der Waals surface area (Å²) in [5, 5.41) is 1.09. The van der Waals surface area contributed by atoms with Gasteiger partial charge in [-0.15, -0.1) is 0 Å². The lowest BCUT2D eigenvalue weighted by Gasteiger charge is -1.96. The molecule has 0 saturated heterocycles. The first-order chi connectivity index (χ1) is 7.83. The highest BCUT2D eigenvalue weighted by atomic mass is 16.3. The first-order valence-electron chi connectivity index (χ1n) is 5.03. The molecule has 2 N–H and O–H groups in total. The van der Waals surface area contributed by atoms with Gasteiger partial charge >= 0.3 is 0 Å². The van der Waals surface area contributed by atoms with Crippen LogP contribution in [-0.2, 0) is 0 Å². The largest absolute Gasteiger partial charge is 0.456 e. The fourth-order valence-electron chi connectivity index (χ4n) is 1.73. The molecule has 0 fully saturated rings. The van der Waals surface area contributed by atoms with Crippen LogP contribution in [0.1, 0.15) is 0 Å². The van der Waals surface area contributed by atoms with Crippen LogP contribution < -0.4 is 5.73 Å². The standard InChI is InChI=1S/C13H10N2O/c14-13-8-10(5-6-15-13)12-7-9-3-1-2-4-11(9)16-12/h1-8H,(H2,14,15). The van der Waals surface area contributed by atoms with Gasteiger partial charge in [-0.25, -0.2) is 4.98 Å². The van der Waals surface area contributed by atoms with Gasteiger partial charge in [0.1, 0.15) is 17.2 Å². The van der Waals surface area contributed by atoms with Crippen molar-refractivity contribution in [2.24, 2.45) is 0 Å². The molecule has 78 valence electrons. The number of nitrogens with zero attached hydrogens (tertiary/aromatic N) is 1. The average Bonchev–Trinajstić information content (AvgIpc) is 2.72. The molecule has 0 bridgehead atoms. The van der Waals surface area contributed by atoms with Crippen LogP contribution in [0.3, 0.4) is 0 Å². The van der Waals surface area contributed by atoms with Gasteiger partial charge in [-0.05, 0) is 24.3 Å². The molecule has 16 heavy (non-hydrogen) atoms. The normalized spacial score (nSPS) is 10.8. The average molecular weight is 210 g/mol. The summed E-state index contributed by atoms with van der Waals surface area (Å²) in [6.07, 6.45) is 1.68. The number of furan rings is 1. The quantitative estimate of drug-likeness (QED) is 0.671. The van der Waals surface area contributed by atoms with E-state index in [2.05, 4.69) is 4.98 Å². The number of hydrogen-bond donors (Lipinski definition) is 1. The van der Waals surface area contributed by atoms with E-state index < -0.39 is 0 Å². The van der Waals surface area contributed by atoms with E-state index in [-0.39, 0.29) is 0 Å². The number of benzene rings is 1. The van der Waals surface area contributed by atoms with Crippen molar-refractivity contribution in [1.29, 1.82) is 0 Å². The Labute approximate surface area is 92.5 Å². The van der Waals surface area contributed by atoms with Crippen molar-refractivity contribution in [3.63, 3.8) is 0 Å². The molecular formula is C13H10N2O. The second-order valence-electron chi connectivity index (χ2n) is 3.62. The number of hydrogen-bond acceptors (Lipinski definition) is 3. The molecule has 0 spiro atoms. The highest BCUT2D eigenvalue weighted by Gasteiger charge is 2.05. The van der Waals surface area contributed by atoms with Crippen LogP contribution in [0.15, 0.2) is 53.1 Å². The van der Waals surface area contributed by atoms with Crippen molar-refractivity contribution in [2.75, 3.05) is 5.73 Å². The lowest BCUT2D eigenvalue weighted by atomic mass is 10.2. The number of anilines is 1. The molecule has 0 amide bonds. The summed E-state index contributed by atoms with van der Waals surface area (Å²) in [4.78, 5) is 3.96. The van der Waals surface area contributed by atoms with E-state index in [1.165, 1.54) is 0 Å². The van der Waals surface area contributed by atoms with E-state index in [9.17, 15) is 0 Å². The summed E-state index contributed by atoms with van der Waals surface area (Å²) in [6.45, 7) is 0. The molecule has 0 saturated carbocycles. The second-order valence-corrected chi connectivity index (χ2v) is 3.62. The molecule has 0 aliphatic carbocycles. The second kappa shape index (κ2) is 3.38. The van der Waals surface area contributed by atoms with Crippen molar-refractivity contribution < 1.29 is 4.42 Å². The van der Waals surface area contributed by atoms with E-state index >= 15 is 0 Å². The first-order valence-corrected chi connectivity index (χ1v) is 5.03. The number of fused-ring (bicyclic) bond motifs is 1. The highest BCUT2D eigenvalue weighted by molar-refractivity contribution is 5.82. The Bertz CT molecular complexity index is 610. The molecule has 3 rings (SSSR count). The zero-order valence-corrected chi connectivity index (χ0v) is 8.55. The Hall–Kier alpha value is -2.29. The third-order valence-electron chi connectivity index (χ3n) is 2.49. The third-order valence-corrected chi connectivity index (χ3v) is 2.49. The van der Waals surface area contributed by atoms with Crippen LogP contribution >= 0.6 is 0 Å². The molecule has 0 aliphatic heterocycles. The molecule has 3 heteroatoms. The zero-order valence-electron chi connectivity index (χ0n) is 8.55. The van der Waals surface area contributed by atoms with Gasteiger partial charge in [0.2, 0.25) is 0 Å². The van der Waals surface area contributed by atoms with E-state index in [0.717, 1.165) is 22.3 Å². The minimum absolute atomic E-state index is 0.498. The molecule has 2 heterocycles. The van der Waals surface area contributed by atoms with Crippen LogP contribution in [0.25, 0.3) is 22.3 Å². The van der Waals surface area contributed by atoms with Crippen molar-refractivity contribution >= 4 is 16.8 Å². The molecular weight excluding hydrogens is 200 g/mol. The predicted octanol–water partition coefficient (Wildman–Crippen LogP) is 3.08. The molecule has 0 radical (unpaired) electrons. The van der Waals surface area contributed by atoms with E-state index in [0.29, 0.717) is 5.82 Å². The first kappa shape index (κ1) is 8.97. The molecule has 0 unspecified atom stereocenters. The minimum Gasteiger partial charge on any atom is -0.456 e. The molecule has 3 aromatic rings. The maximum atomic E-state index is 5.73. The Morgan fingerprint density at radius 3 is 2.75 bits per heavy atom. The van der Waals surface area contributed by atoms with Gasteiger partial charge in [-0.3, -0.25) is 0 Å². The van der Waals surface area contributed by atoms with Gasteiger partial charge in [0.05, 0.1) is 0 Å². The molecule has 1 aromatic carbocycles. The molecule has 2 aromatic heterocycles. The van der Waals surface area contributed by atoms with Crippen LogP contribution in [0, 0.1) is 0 Å². The van der Waals surface area contributed by atoms with Gasteiger partial charge in [-0.1, -0.05) is 18.2 Å². The predicted molar refractivity (Wildman–Crippen MR) is 63.9 cm³/mol. The maximum absolute atomic E-state index is 5.73. The fourth-order valence-corrected chi connectivity index (χ4v) is 1.73. The van der Waals surface area contributed by atoms with Crippen LogP contribution in [-0.4, -0.2) is 4.98 Å². The van der Waals surface area contributed by atoms with Crippen molar-refractivity contribution in [3.05, 3.63) is 48.7 Å². The number of para-hydroxylation sites is 1. The minimum atomic E-state index is 0.498. The Morgan fingerprint density at radius 2 is 1.94 bits per heavy atom. The SMILES string of the molecule is Nc1cc(-c2cc3ccccc3o2)ccn1. The van der Waals surface area contributed by atoms with Crippen LogP contribution in [0.4, 0.5) is 5.82 Å². The lowest BCUT2D eigenvalue weighted by molar-refractivity contribution is 0.631. The monoisotopic (exact) mass is 210 g/mol. The summed E-state index contributed by atoms with van der Waals surface area (Å²) in [6, 6.07) is 13.6. The van der Waals surface area contributed by atoms with Gasteiger partial charge in [-0.2, -0.15) is 0 Å². The Kier molecular flexibility index (Phi) is 1.90. The summed E-state index contributed by atoms with van der Waals surface area (Å²) >= 11 is 0. The van der Waals surface area contributed by atoms with Crippen molar-refractivity contribution in [1.82, 2.24) is 4.98 Å². The van der Waals surface area contributed by atoms with Crippen molar-refractivity contribution in [3.8, 4) is 11.3 Å². The maximum Gasteiger partial charge on any atom is 0.135 e. The van der Waals surface area contributed by atoms with E-state index in [4.69, 9.17) is 10.2 Å². The summed E-state index contributed by atoms with van der Waals surface area (Å²) in [5.41, 5.74) is 7.47. The van der Waals surface area contributed by atoms with Crippen molar-refractivity contribution in [2.45, 2.75) is 0 Å². The van der Waals surface area contributed by atoms with Crippen LogP contribution in [0.5, 0.6) is 0 Å².